The Morgan fingerprint density at radius 2 is 1.70 bits per heavy atom. The highest BCUT2D eigenvalue weighted by atomic mass is 32.2. The molecule has 0 bridgehead atoms. The lowest BCUT2D eigenvalue weighted by Gasteiger charge is -2.37. The van der Waals surface area contributed by atoms with Gasteiger partial charge in [0, 0.05) is 46.3 Å². The second-order valence-electron chi connectivity index (χ2n) is 7.15. The number of hydrogen-bond donors (Lipinski definition) is 3. The summed E-state index contributed by atoms with van der Waals surface area (Å²) in [5, 5.41) is 13.3. The Labute approximate surface area is 178 Å². The van der Waals surface area contributed by atoms with E-state index in [2.05, 4.69) is 24.8 Å². The van der Waals surface area contributed by atoms with Crippen LogP contribution in [0.15, 0.2) is 58.4 Å². The number of nitrogens with zero attached hydrogens (tertiary/aromatic N) is 3. The molecule has 0 spiro atoms. The summed E-state index contributed by atoms with van der Waals surface area (Å²) in [6, 6.07) is 14.1. The molecule has 1 aliphatic rings. The highest BCUT2D eigenvalue weighted by molar-refractivity contribution is 7.89. The molecule has 3 N–H and O–H groups in total. The summed E-state index contributed by atoms with van der Waals surface area (Å²) in [6.07, 6.45) is 0. The molecule has 30 heavy (non-hydrogen) atoms. The van der Waals surface area contributed by atoms with Crippen LogP contribution in [0.5, 0.6) is 5.75 Å². The van der Waals surface area contributed by atoms with Gasteiger partial charge in [-0.25, -0.2) is 13.1 Å². The minimum Gasteiger partial charge on any atom is -0.506 e. The van der Waals surface area contributed by atoms with Crippen LogP contribution >= 0.6 is 0 Å². The molecule has 3 rings (SSSR count). The molecule has 0 aliphatic carbocycles. The summed E-state index contributed by atoms with van der Waals surface area (Å²) in [5.41, 5.74) is 1.85. The fourth-order valence-corrected chi connectivity index (χ4v) is 4.42. The van der Waals surface area contributed by atoms with Gasteiger partial charge in [-0.1, -0.05) is 29.8 Å². The van der Waals surface area contributed by atoms with Crippen molar-refractivity contribution >= 4 is 21.7 Å². The van der Waals surface area contributed by atoms with Gasteiger partial charge in [-0.2, -0.15) is 0 Å². The molecule has 0 radical (unpaired) electrons. The molecule has 0 atom stereocenters. The number of anilines is 1. The van der Waals surface area contributed by atoms with E-state index in [1.165, 1.54) is 0 Å². The van der Waals surface area contributed by atoms with Crippen LogP contribution in [0.4, 0.5) is 5.69 Å². The first-order valence-corrected chi connectivity index (χ1v) is 11.4. The van der Waals surface area contributed by atoms with Crippen molar-refractivity contribution in [3.05, 3.63) is 54.1 Å². The minimum absolute atomic E-state index is 0.257. The first-order chi connectivity index (χ1) is 14.4. The topological polar surface area (TPSA) is 97.3 Å². The SMILES string of the molecule is CN=C(NCCNS(=O)(=O)c1ccc(C)cc1)N1CCN(c2ccccc2O)CC1. The second-order valence-corrected chi connectivity index (χ2v) is 8.91. The van der Waals surface area contributed by atoms with Gasteiger partial charge < -0.3 is 20.2 Å². The molecule has 1 heterocycles. The number of phenols is 1. The number of aliphatic imine (C=N–C) groups is 1. The maximum absolute atomic E-state index is 12.4. The zero-order valence-electron chi connectivity index (χ0n) is 17.4. The van der Waals surface area contributed by atoms with E-state index in [1.54, 1.807) is 37.4 Å². The summed E-state index contributed by atoms with van der Waals surface area (Å²) >= 11 is 0. The van der Waals surface area contributed by atoms with Gasteiger partial charge in [0.05, 0.1) is 10.6 Å². The molecular weight excluding hydrogens is 402 g/mol. The molecule has 1 aliphatic heterocycles. The Morgan fingerprint density at radius 3 is 2.33 bits per heavy atom. The number of benzene rings is 2. The van der Waals surface area contributed by atoms with Gasteiger partial charge in [0.25, 0.3) is 0 Å². The second kappa shape index (κ2) is 9.82. The Hall–Kier alpha value is -2.78. The summed E-state index contributed by atoms with van der Waals surface area (Å²) in [5.74, 6) is 1.02. The smallest absolute Gasteiger partial charge is 0.240 e. The predicted octanol–water partition coefficient (Wildman–Crippen LogP) is 1.38. The van der Waals surface area contributed by atoms with Crippen LogP contribution < -0.4 is 14.9 Å². The monoisotopic (exact) mass is 431 g/mol. The van der Waals surface area contributed by atoms with E-state index in [-0.39, 0.29) is 17.2 Å². The maximum Gasteiger partial charge on any atom is 0.240 e. The lowest BCUT2D eigenvalue weighted by Crippen LogP contribution is -2.53. The number of hydrogen-bond acceptors (Lipinski definition) is 5. The highest BCUT2D eigenvalue weighted by Gasteiger charge is 2.21. The van der Waals surface area contributed by atoms with Gasteiger partial charge in [0.15, 0.2) is 5.96 Å². The first kappa shape index (κ1) is 21.9. The predicted molar refractivity (Wildman–Crippen MR) is 120 cm³/mol. The number of guanidine groups is 1. The van der Waals surface area contributed by atoms with Gasteiger partial charge in [-0.05, 0) is 31.2 Å². The van der Waals surface area contributed by atoms with Crippen molar-refractivity contribution in [3.8, 4) is 5.75 Å². The van der Waals surface area contributed by atoms with E-state index in [4.69, 9.17) is 0 Å². The number of nitrogens with one attached hydrogen (secondary N) is 2. The zero-order chi connectivity index (χ0) is 21.6. The fourth-order valence-electron chi connectivity index (χ4n) is 3.38. The summed E-state index contributed by atoms with van der Waals surface area (Å²) < 4.78 is 27.3. The Bertz CT molecular complexity index is 968. The molecule has 0 unspecified atom stereocenters. The Kier molecular flexibility index (Phi) is 7.17. The molecule has 162 valence electrons. The van der Waals surface area contributed by atoms with Crippen LogP contribution in [0.3, 0.4) is 0 Å². The number of aryl methyl sites for hydroxylation is 1. The van der Waals surface area contributed by atoms with Crippen LogP contribution in [-0.4, -0.2) is 70.7 Å². The van der Waals surface area contributed by atoms with Gasteiger partial charge in [-0.15, -0.1) is 0 Å². The van der Waals surface area contributed by atoms with Crippen molar-refractivity contribution in [1.29, 1.82) is 0 Å². The van der Waals surface area contributed by atoms with E-state index in [0.717, 1.165) is 43.4 Å². The molecular formula is C21H29N5O3S. The summed E-state index contributed by atoms with van der Waals surface area (Å²) in [4.78, 5) is 8.85. The van der Waals surface area contributed by atoms with E-state index in [0.29, 0.717) is 6.54 Å². The summed E-state index contributed by atoms with van der Waals surface area (Å²) in [7, 11) is -1.81. The van der Waals surface area contributed by atoms with E-state index < -0.39 is 10.0 Å². The molecule has 0 aromatic heterocycles. The summed E-state index contributed by atoms with van der Waals surface area (Å²) in [6.45, 7) is 5.63. The first-order valence-electron chi connectivity index (χ1n) is 9.95. The zero-order valence-corrected chi connectivity index (χ0v) is 18.2. The molecule has 0 saturated carbocycles. The van der Waals surface area contributed by atoms with Crippen molar-refractivity contribution in [2.45, 2.75) is 11.8 Å². The molecule has 2 aromatic rings. The van der Waals surface area contributed by atoms with Crippen LogP contribution in [0, 0.1) is 6.92 Å². The fraction of sp³-hybridized carbons (Fsp3) is 0.381. The average molecular weight is 432 g/mol. The molecule has 2 aromatic carbocycles. The van der Waals surface area contributed by atoms with E-state index in [9.17, 15) is 13.5 Å². The quantitative estimate of drug-likeness (QED) is 0.363. The third-order valence-corrected chi connectivity index (χ3v) is 6.52. The van der Waals surface area contributed by atoms with E-state index >= 15 is 0 Å². The normalized spacial score (nSPS) is 15.3. The van der Waals surface area contributed by atoms with Gasteiger partial charge in [-0.3, -0.25) is 4.99 Å². The van der Waals surface area contributed by atoms with Crippen LogP contribution in [0.2, 0.25) is 0 Å². The number of aromatic hydroxyl groups is 1. The van der Waals surface area contributed by atoms with Crippen molar-refractivity contribution < 1.29 is 13.5 Å². The van der Waals surface area contributed by atoms with Gasteiger partial charge in [0.1, 0.15) is 5.75 Å². The standard InChI is InChI=1S/C21H29N5O3S/c1-17-7-9-18(10-8-17)30(28,29)24-12-11-23-21(22-2)26-15-13-25(14-16-26)19-5-3-4-6-20(19)27/h3-10,24,27H,11-16H2,1-2H3,(H,22,23). The van der Waals surface area contributed by atoms with Crippen LogP contribution in [-0.2, 0) is 10.0 Å². The third-order valence-electron chi connectivity index (χ3n) is 5.04. The highest BCUT2D eigenvalue weighted by Crippen LogP contribution is 2.27. The van der Waals surface area contributed by atoms with Crippen LogP contribution in [0.25, 0.3) is 0 Å². The van der Waals surface area contributed by atoms with Crippen molar-refractivity contribution in [3.63, 3.8) is 0 Å². The number of para-hydroxylation sites is 2. The molecule has 8 nitrogen and oxygen atoms in total. The molecule has 9 heteroatoms. The van der Waals surface area contributed by atoms with Crippen molar-refractivity contribution in [2.24, 2.45) is 4.99 Å². The van der Waals surface area contributed by atoms with Crippen molar-refractivity contribution in [2.75, 3.05) is 51.2 Å². The largest absolute Gasteiger partial charge is 0.506 e. The minimum atomic E-state index is -3.52. The Balaban J connectivity index is 1.46. The van der Waals surface area contributed by atoms with E-state index in [1.807, 2.05) is 25.1 Å². The number of phenolic OH excluding ortho intramolecular Hbond substituents is 1. The molecule has 0 amide bonds. The van der Waals surface area contributed by atoms with Crippen molar-refractivity contribution in [1.82, 2.24) is 14.9 Å². The number of rotatable bonds is 6. The molecule has 1 fully saturated rings. The third kappa shape index (κ3) is 5.43. The average Bonchev–Trinajstić information content (AvgIpc) is 2.75. The lowest BCUT2D eigenvalue weighted by molar-refractivity contribution is 0.370. The lowest BCUT2D eigenvalue weighted by atomic mass is 10.2. The number of sulfonamides is 1. The van der Waals surface area contributed by atoms with Gasteiger partial charge in [0.2, 0.25) is 10.0 Å². The molecule has 1 saturated heterocycles. The Morgan fingerprint density at radius 1 is 1.03 bits per heavy atom. The van der Waals surface area contributed by atoms with Crippen LogP contribution in [0.1, 0.15) is 5.56 Å². The maximum atomic E-state index is 12.4. The number of piperazine rings is 1. The van der Waals surface area contributed by atoms with Gasteiger partial charge >= 0.3 is 0 Å².